The van der Waals surface area contributed by atoms with Crippen LogP contribution in [0.15, 0.2) is 29.3 Å². The van der Waals surface area contributed by atoms with Crippen molar-refractivity contribution in [1.29, 1.82) is 0 Å². The molecule has 0 aliphatic carbocycles. The highest BCUT2D eigenvalue weighted by Crippen LogP contribution is 2.13. The molecule has 0 amide bonds. The maximum absolute atomic E-state index is 6.09. The minimum atomic E-state index is 0.631. The first-order valence-corrected chi connectivity index (χ1v) is 7.50. The first kappa shape index (κ1) is 14.9. The normalized spacial score (nSPS) is 16.4. The van der Waals surface area contributed by atoms with E-state index < -0.39 is 0 Å². The Morgan fingerprint density at radius 2 is 1.90 bits per heavy atom. The molecule has 0 aromatic heterocycles. The van der Waals surface area contributed by atoms with E-state index in [2.05, 4.69) is 22.0 Å². The van der Waals surface area contributed by atoms with Crippen LogP contribution >= 0.6 is 0 Å². The summed E-state index contributed by atoms with van der Waals surface area (Å²) in [5.41, 5.74) is 8.49. The van der Waals surface area contributed by atoms with Gasteiger partial charge in [-0.15, -0.1) is 0 Å². The molecule has 0 atom stereocenters. The molecule has 1 aromatic carbocycles. The van der Waals surface area contributed by atoms with Crippen molar-refractivity contribution in [3.05, 3.63) is 35.4 Å². The van der Waals surface area contributed by atoms with Gasteiger partial charge in [-0.3, -0.25) is 0 Å². The minimum absolute atomic E-state index is 0.631. The Hall–Kier alpha value is -1.55. The van der Waals surface area contributed by atoms with Gasteiger partial charge in [0.15, 0.2) is 5.96 Å². The molecule has 4 nitrogen and oxygen atoms in total. The Bertz CT molecular complexity index is 439. The van der Waals surface area contributed by atoms with Crippen molar-refractivity contribution in [2.45, 2.75) is 39.3 Å². The standard InChI is InChI=1S/C16H25N3O/c1-2-20-13-15-9-5-4-8-14(15)12-18-16(17)19-10-6-3-7-11-19/h4-5,8-9H,2-3,6-7,10-13H2,1H3,(H2,17,18). The third kappa shape index (κ3) is 4.23. The summed E-state index contributed by atoms with van der Waals surface area (Å²) in [4.78, 5) is 6.74. The predicted molar refractivity (Wildman–Crippen MR) is 82.5 cm³/mol. The van der Waals surface area contributed by atoms with Crippen molar-refractivity contribution < 1.29 is 4.74 Å². The molecular formula is C16H25N3O. The average Bonchev–Trinajstić information content (AvgIpc) is 2.52. The molecule has 1 fully saturated rings. The highest BCUT2D eigenvalue weighted by Gasteiger charge is 2.11. The number of piperidine rings is 1. The van der Waals surface area contributed by atoms with E-state index in [4.69, 9.17) is 10.5 Å². The second kappa shape index (κ2) is 7.90. The number of benzene rings is 1. The van der Waals surface area contributed by atoms with Crippen molar-refractivity contribution >= 4 is 5.96 Å². The quantitative estimate of drug-likeness (QED) is 0.663. The number of aliphatic imine (C=N–C) groups is 1. The van der Waals surface area contributed by atoms with Gasteiger partial charge >= 0.3 is 0 Å². The van der Waals surface area contributed by atoms with Gasteiger partial charge in [-0.25, -0.2) is 4.99 Å². The van der Waals surface area contributed by atoms with Gasteiger partial charge in [-0.05, 0) is 37.3 Å². The zero-order valence-corrected chi connectivity index (χ0v) is 12.3. The van der Waals surface area contributed by atoms with E-state index in [1.807, 2.05) is 19.1 Å². The largest absolute Gasteiger partial charge is 0.377 e. The Labute approximate surface area is 121 Å². The molecule has 0 unspecified atom stereocenters. The van der Waals surface area contributed by atoms with E-state index in [-0.39, 0.29) is 0 Å². The fourth-order valence-corrected chi connectivity index (χ4v) is 2.45. The molecule has 2 N–H and O–H groups in total. The zero-order chi connectivity index (χ0) is 14.2. The molecule has 1 aromatic rings. The van der Waals surface area contributed by atoms with Crippen molar-refractivity contribution in [2.75, 3.05) is 19.7 Å². The summed E-state index contributed by atoms with van der Waals surface area (Å²) in [6, 6.07) is 8.27. The van der Waals surface area contributed by atoms with Gasteiger partial charge in [0.1, 0.15) is 0 Å². The van der Waals surface area contributed by atoms with Crippen LogP contribution in [0.4, 0.5) is 0 Å². The number of likely N-dealkylation sites (tertiary alicyclic amines) is 1. The molecule has 1 aliphatic rings. The monoisotopic (exact) mass is 275 g/mol. The number of rotatable bonds is 5. The third-order valence-electron chi connectivity index (χ3n) is 3.67. The summed E-state index contributed by atoms with van der Waals surface area (Å²) in [6.07, 6.45) is 3.75. The topological polar surface area (TPSA) is 50.9 Å². The van der Waals surface area contributed by atoms with Crippen LogP contribution in [0.25, 0.3) is 0 Å². The molecule has 2 rings (SSSR count). The van der Waals surface area contributed by atoms with Crippen molar-refractivity contribution in [3.63, 3.8) is 0 Å². The number of ether oxygens (including phenoxy) is 1. The van der Waals surface area contributed by atoms with Crippen LogP contribution in [0, 0.1) is 0 Å². The van der Waals surface area contributed by atoms with Crippen molar-refractivity contribution in [2.24, 2.45) is 10.7 Å². The van der Waals surface area contributed by atoms with Crippen LogP contribution in [-0.4, -0.2) is 30.6 Å². The Kier molecular flexibility index (Phi) is 5.87. The van der Waals surface area contributed by atoms with E-state index in [1.54, 1.807) is 0 Å². The third-order valence-corrected chi connectivity index (χ3v) is 3.67. The summed E-state index contributed by atoms with van der Waals surface area (Å²) in [5.74, 6) is 0.677. The van der Waals surface area contributed by atoms with Gasteiger partial charge in [0.25, 0.3) is 0 Å². The number of hydrogen-bond acceptors (Lipinski definition) is 2. The fourth-order valence-electron chi connectivity index (χ4n) is 2.45. The lowest BCUT2D eigenvalue weighted by Gasteiger charge is -2.27. The second-order valence-corrected chi connectivity index (χ2v) is 5.13. The fraction of sp³-hybridized carbons (Fsp3) is 0.562. The van der Waals surface area contributed by atoms with Crippen molar-refractivity contribution in [1.82, 2.24) is 4.90 Å². The van der Waals surface area contributed by atoms with Crippen LogP contribution in [0.5, 0.6) is 0 Å². The van der Waals surface area contributed by atoms with Gasteiger partial charge in [0, 0.05) is 19.7 Å². The van der Waals surface area contributed by atoms with E-state index in [9.17, 15) is 0 Å². The smallest absolute Gasteiger partial charge is 0.191 e. The number of guanidine groups is 1. The van der Waals surface area contributed by atoms with Gasteiger partial charge in [-0.2, -0.15) is 0 Å². The van der Waals surface area contributed by atoms with Gasteiger partial charge in [0.05, 0.1) is 13.2 Å². The maximum atomic E-state index is 6.09. The van der Waals surface area contributed by atoms with Crippen LogP contribution in [-0.2, 0) is 17.9 Å². The van der Waals surface area contributed by atoms with Crippen LogP contribution in [0.3, 0.4) is 0 Å². The molecule has 0 saturated carbocycles. The van der Waals surface area contributed by atoms with E-state index >= 15 is 0 Å². The summed E-state index contributed by atoms with van der Waals surface area (Å²) < 4.78 is 5.49. The first-order chi connectivity index (χ1) is 9.81. The number of nitrogens with two attached hydrogens (primary N) is 1. The molecule has 4 heteroatoms. The van der Waals surface area contributed by atoms with Crippen LogP contribution < -0.4 is 5.73 Å². The number of hydrogen-bond donors (Lipinski definition) is 1. The first-order valence-electron chi connectivity index (χ1n) is 7.50. The lowest BCUT2D eigenvalue weighted by atomic mass is 10.1. The molecule has 1 saturated heterocycles. The Balaban J connectivity index is 1.98. The molecule has 1 heterocycles. The summed E-state index contributed by atoms with van der Waals surface area (Å²) >= 11 is 0. The van der Waals surface area contributed by atoms with Crippen LogP contribution in [0.2, 0.25) is 0 Å². The van der Waals surface area contributed by atoms with Crippen LogP contribution in [0.1, 0.15) is 37.3 Å². The molecule has 20 heavy (non-hydrogen) atoms. The van der Waals surface area contributed by atoms with E-state index in [0.717, 1.165) is 19.7 Å². The molecule has 110 valence electrons. The molecule has 0 spiro atoms. The highest BCUT2D eigenvalue weighted by molar-refractivity contribution is 5.78. The summed E-state index contributed by atoms with van der Waals surface area (Å²) in [5, 5.41) is 0. The van der Waals surface area contributed by atoms with Gasteiger partial charge in [-0.1, -0.05) is 24.3 Å². The predicted octanol–water partition coefficient (Wildman–Crippen LogP) is 2.52. The van der Waals surface area contributed by atoms with E-state index in [0.29, 0.717) is 19.1 Å². The Morgan fingerprint density at radius 3 is 2.60 bits per heavy atom. The lowest BCUT2D eigenvalue weighted by molar-refractivity contribution is 0.133. The lowest BCUT2D eigenvalue weighted by Crippen LogP contribution is -2.40. The summed E-state index contributed by atoms with van der Waals surface area (Å²) in [7, 11) is 0. The molecule has 0 bridgehead atoms. The van der Waals surface area contributed by atoms with E-state index in [1.165, 1.54) is 30.4 Å². The molecular weight excluding hydrogens is 250 g/mol. The van der Waals surface area contributed by atoms with Gasteiger partial charge < -0.3 is 15.4 Å². The summed E-state index contributed by atoms with van der Waals surface area (Å²) in [6.45, 7) is 6.09. The number of nitrogens with zero attached hydrogens (tertiary/aromatic N) is 2. The second-order valence-electron chi connectivity index (χ2n) is 5.13. The molecule has 0 radical (unpaired) electrons. The highest BCUT2D eigenvalue weighted by atomic mass is 16.5. The minimum Gasteiger partial charge on any atom is -0.377 e. The van der Waals surface area contributed by atoms with Crippen molar-refractivity contribution in [3.8, 4) is 0 Å². The Morgan fingerprint density at radius 1 is 1.20 bits per heavy atom. The SMILES string of the molecule is CCOCc1ccccc1CN=C(N)N1CCCCC1. The molecule has 1 aliphatic heterocycles. The zero-order valence-electron chi connectivity index (χ0n) is 12.3. The average molecular weight is 275 g/mol. The maximum Gasteiger partial charge on any atom is 0.191 e. The van der Waals surface area contributed by atoms with Gasteiger partial charge in [0.2, 0.25) is 0 Å².